The van der Waals surface area contributed by atoms with E-state index >= 15 is 0 Å². The van der Waals surface area contributed by atoms with Gasteiger partial charge in [0, 0.05) is 5.69 Å². The minimum absolute atomic E-state index is 0.0477. The number of alkyl carbamates (subject to hydrolysis) is 1. The molecule has 12 nitrogen and oxygen atoms in total. The highest BCUT2D eigenvalue weighted by atomic mass is 16.7. The van der Waals surface area contributed by atoms with Crippen LogP contribution in [0.15, 0.2) is 53.5 Å². The summed E-state index contributed by atoms with van der Waals surface area (Å²) in [5, 5.41) is 14.6. The molecule has 3 rings (SSSR count). The number of hydrogen-bond acceptors (Lipinski definition) is 7. The maximum absolute atomic E-state index is 12.3. The number of ether oxygens (including phenoxy) is 2. The van der Waals surface area contributed by atoms with Crippen molar-refractivity contribution in [2.24, 2.45) is 4.99 Å². The second kappa shape index (κ2) is 10.7. The number of rotatable bonds is 6. The van der Waals surface area contributed by atoms with Crippen molar-refractivity contribution in [3.63, 3.8) is 0 Å². The lowest BCUT2D eigenvalue weighted by Crippen LogP contribution is -2.40. The van der Waals surface area contributed by atoms with Gasteiger partial charge in [0.25, 0.3) is 11.8 Å². The van der Waals surface area contributed by atoms with Crippen molar-refractivity contribution in [2.75, 3.05) is 18.5 Å². The number of nitrogens with zero attached hydrogens (tertiary/aromatic N) is 2. The molecular formula is C23H24N4O8. The van der Waals surface area contributed by atoms with E-state index < -0.39 is 29.6 Å². The Morgan fingerprint density at radius 2 is 1.57 bits per heavy atom. The van der Waals surface area contributed by atoms with Gasteiger partial charge in [-0.15, -0.1) is 10.1 Å². The molecule has 0 spiro atoms. The summed E-state index contributed by atoms with van der Waals surface area (Å²) >= 11 is 0. The summed E-state index contributed by atoms with van der Waals surface area (Å²) in [6, 6.07) is 12.7. The van der Waals surface area contributed by atoms with Crippen LogP contribution in [0, 0.1) is 0 Å². The molecule has 0 bridgehead atoms. The number of imide groups is 1. The van der Waals surface area contributed by atoms with E-state index in [0.29, 0.717) is 16.5 Å². The number of amides is 4. The lowest BCUT2D eigenvalue weighted by molar-refractivity contribution is -0.0976. The number of carbonyl (C=O) groups excluding carboxylic acids is 3. The number of anilines is 1. The molecule has 0 radical (unpaired) electrons. The van der Waals surface area contributed by atoms with Gasteiger partial charge in [-0.1, -0.05) is 12.1 Å². The molecule has 35 heavy (non-hydrogen) atoms. The maximum atomic E-state index is 12.3. The molecule has 2 aromatic carbocycles. The van der Waals surface area contributed by atoms with E-state index in [1.807, 2.05) is 0 Å². The van der Waals surface area contributed by atoms with Gasteiger partial charge in [-0.2, -0.15) is 0 Å². The highest BCUT2D eigenvalue weighted by molar-refractivity contribution is 6.20. The quantitative estimate of drug-likeness (QED) is 0.242. The molecule has 0 saturated heterocycles. The van der Waals surface area contributed by atoms with Gasteiger partial charge < -0.3 is 19.9 Å². The fraction of sp³-hybridized carbons (Fsp3) is 0.261. The van der Waals surface area contributed by atoms with Gasteiger partial charge in [0.2, 0.25) is 5.96 Å². The van der Waals surface area contributed by atoms with E-state index in [1.165, 1.54) is 0 Å². The smallest absolute Gasteiger partial charge is 0.434 e. The molecule has 1 aliphatic rings. The zero-order valence-electron chi connectivity index (χ0n) is 19.2. The Kier molecular flexibility index (Phi) is 7.66. The van der Waals surface area contributed by atoms with Crippen LogP contribution in [0.3, 0.4) is 0 Å². The third-order valence-corrected chi connectivity index (χ3v) is 4.27. The van der Waals surface area contributed by atoms with Crippen LogP contribution in [0.1, 0.15) is 41.5 Å². The van der Waals surface area contributed by atoms with Crippen molar-refractivity contribution in [1.82, 2.24) is 10.4 Å². The predicted octanol–water partition coefficient (Wildman–Crippen LogP) is 3.26. The topological polar surface area (TPSA) is 156 Å². The van der Waals surface area contributed by atoms with E-state index in [0.717, 1.165) is 0 Å². The average Bonchev–Trinajstić information content (AvgIpc) is 3.01. The van der Waals surface area contributed by atoms with Gasteiger partial charge >= 0.3 is 12.2 Å². The molecule has 2 aromatic rings. The third-order valence-electron chi connectivity index (χ3n) is 4.27. The van der Waals surface area contributed by atoms with Crippen molar-refractivity contribution in [1.29, 1.82) is 0 Å². The number of benzene rings is 2. The Balaban J connectivity index is 1.49. The second-order valence-corrected chi connectivity index (χ2v) is 8.15. The van der Waals surface area contributed by atoms with Crippen molar-refractivity contribution in [2.45, 2.75) is 26.4 Å². The molecule has 0 fully saturated rings. The SMILES string of the molecule is CC(C)(C)OC(=O)N/C(=N/C(=O)O)Nc1ccc(OCCON2C(=O)c3ccccc3C2=O)cc1. The van der Waals surface area contributed by atoms with E-state index in [9.17, 15) is 19.2 Å². The largest absolute Gasteiger partial charge is 0.491 e. The number of nitrogens with one attached hydrogen (secondary N) is 2. The van der Waals surface area contributed by atoms with E-state index in [-0.39, 0.29) is 30.3 Å². The summed E-state index contributed by atoms with van der Waals surface area (Å²) < 4.78 is 10.6. The van der Waals surface area contributed by atoms with E-state index in [1.54, 1.807) is 69.3 Å². The van der Waals surface area contributed by atoms with Crippen LogP contribution in [-0.2, 0) is 9.57 Å². The summed E-state index contributed by atoms with van der Waals surface area (Å²) in [7, 11) is 0. The van der Waals surface area contributed by atoms with Crippen LogP contribution in [0.25, 0.3) is 0 Å². The van der Waals surface area contributed by atoms with Crippen molar-refractivity contribution in [3.05, 3.63) is 59.7 Å². The molecule has 1 heterocycles. The number of aliphatic imine (C=N–C) groups is 1. The summed E-state index contributed by atoms with van der Waals surface area (Å²) in [4.78, 5) is 56.0. The van der Waals surface area contributed by atoms with Crippen LogP contribution in [0.2, 0.25) is 0 Å². The Morgan fingerprint density at radius 3 is 2.11 bits per heavy atom. The minimum Gasteiger partial charge on any atom is -0.491 e. The zero-order valence-corrected chi connectivity index (χ0v) is 19.2. The lowest BCUT2D eigenvalue weighted by Gasteiger charge is -2.20. The highest BCUT2D eigenvalue weighted by Crippen LogP contribution is 2.22. The fourth-order valence-corrected chi connectivity index (χ4v) is 2.93. The van der Waals surface area contributed by atoms with Crippen molar-refractivity contribution >= 4 is 35.6 Å². The summed E-state index contributed by atoms with van der Waals surface area (Å²) in [6.45, 7) is 4.99. The molecule has 3 N–H and O–H groups in total. The van der Waals surface area contributed by atoms with Gasteiger partial charge in [-0.3, -0.25) is 19.7 Å². The second-order valence-electron chi connectivity index (χ2n) is 8.15. The fourth-order valence-electron chi connectivity index (χ4n) is 2.93. The lowest BCUT2D eigenvalue weighted by atomic mass is 10.1. The first-order valence-electron chi connectivity index (χ1n) is 10.5. The average molecular weight is 484 g/mol. The van der Waals surface area contributed by atoms with Gasteiger partial charge in [-0.25, -0.2) is 9.59 Å². The first kappa shape index (κ1) is 25.2. The highest BCUT2D eigenvalue weighted by Gasteiger charge is 2.36. The first-order chi connectivity index (χ1) is 16.5. The molecule has 0 aliphatic carbocycles. The van der Waals surface area contributed by atoms with Gasteiger partial charge in [0.15, 0.2) is 0 Å². The summed E-state index contributed by atoms with van der Waals surface area (Å²) in [5.41, 5.74) is 0.207. The summed E-state index contributed by atoms with van der Waals surface area (Å²) in [6.07, 6.45) is -2.38. The number of hydrogen-bond donors (Lipinski definition) is 3. The number of hydroxylamine groups is 2. The van der Waals surface area contributed by atoms with Crippen LogP contribution in [-0.4, -0.2) is 58.9 Å². The molecule has 0 aromatic heterocycles. The van der Waals surface area contributed by atoms with Gasteiger partial charge in [0.05, 0.1) is 11.1 Å². The van der Waals surface area contributed by atoms with Gasteiger partial charge in [0.1, 0.15) is 24.6 Å². The number of carbonyl (C=O) groups is 4. The molecular weight excluding hydrogens is 460 g/mol. The van der Waals surface area contributed by atoms with Crippen molar-refractivity contribution < 1.29 is 38.6 Å². The maximum Gasteiger partial charge on any atom is 0.434 e. The number of carboxylic acid groups (broad SMARTS) is 1. The van der Waals surface area contributed by atoms with Crippen LogP contribution >= 0.6 is 0 Å². The predicted molar refractivity (Wildman–Crippen MR) is 123 cm³/mol. The van der Waals surface area contributed by atoms with Crippen LogP contribution in [0.4, 0.5) is 15.3 Å². The van der Waals surface area contributed by atoms with Gasteiger partial charge in [-0.05, 0) is 57.2 Å². The molecule has 12 heteroatoms. The van der Waals surface area contributed by atoms with Crippen molar-refractivity contribution in [3.8, 4) is 5.75 Å². The minimum atomic E-state index is -1.51. The molecule has 0 atom stereocenters. The molecule has 4 amide bonds. The molecule has 184 valence electrons. The first-order valence-corrected chi connectivity index (χ1v) is 10.5. The number of guanidine groups is 1. The summed E-state index contributed by atoms with van der Waals surface area (Å²) in [5.74, 6) is -0.951. The van der Waals surface area contributed by atoms with E-state index in [2.05, 4.69) is 15.6 Å². The Morgan fingerprint density at radius 1 is 0.971 bits per heavy atom. The molecule has 1 aliphatic heterocycles. The standard InChI is InChI=1S/C23H24N4O8/c1-23(2,3)35-22(32)26-20(25-21(30)31)24-14-8-10-15(11-9-14)33-12-13-34-27-18(28)16-6-4-5-7-17(16)19(27)29/h4-11H,12-13H2,1-3H3,(H,30,31)(H2,24,25,26,32). The third kappa shape index (κ3) is 7.01. The Bertz CT molecular complexity index is 1120. The van der Waals surface area contributed by atoms with Crippen LogP contribution in [0.5, 0.6) is 5.75 Å². The Labute approximate surface area is 200 Å². The number of fused-ring (bicyclic) bond motifs is 1. The van der Waals surface area contributed by atoms with E-state index in [4.69, 9.17) is 19.4 Å². The zero-order chi connectivity index (χ0) is 25.6. The monoisotopic (exact) mass is 484 g/mol. The Hall–Kier alpha value is -4.45. The molecule has 0 unspecified atom stereocenters. The normalized spacial score (nSPS) is 13.3. The molecule has 0 saturated carbocycles. The van der Waals surface area contributed by atoms with Crippen LogP contribution < -0.4 is 15.4 Å².